The molecule has 3 N–H and O–H groups in total. The van der Waals surface area contributed by atoms with E-state index < -0.39 is 0 Å². The molecule has 0 fully saturated rings. The van der Waals surface area contributed by atoms with E-state index in [1.165, 1.54) is 0 Å². The van der Waals surface area contributed by atoms with Crippen molar-refractivity contribution in [3.05, 3.63) is 18.1 Å². The van der Waals surface area contributed by atoms with Crippen LogP contribution in [0.25, 0.3) is 0 Å². The lowest BCUT2D eigenvalue weighted by Gasteiger charge is -2.17. The molecule has 1 unspecified atom stereocenters. The number of nitrogens with zero attached hydrogens (tertiary/aromatic N) is 2. The highest BCUT2D eigenvalue weighted by molar-refractivity contribution is 5.39. The van der Waals surface area contributed by atoms with Gasteiger partial charge in [-0.05, 0) is 13.3 Å². The van der Waals surface area contributed by atoms with Gasteiger partial charge >= 0.3 is 0 Å². The second-order valence-corrected chi connectivity index (χ2v) is 3.36. The van der Waals surface area contributed by atoms with Crippen LogP contribution in [0.15, 0.2) is 12.4 Å². The molecule has 14 heavy (non-hydrogen) atoms. The minimum atomic E-state index is 0.301. The molecule has 4 nitrogen and oxygen atoms in total. The van der Waals surface area contributed by atoms with Gasteiger partial charge in [0.1, 0.15) is 5.82 Å². The van der Waals surface area contributed by atoms with Gasteiger partial charge in [-0.15, -0.1) is 0 Å². The normalized spacial score (nSPS) is 12.5. The Morgan fingerprint density at radius 1 is 1.43 bits per heavy atom. The molecule has 0 aliphatic rings. The topological polar surface area (TPSA) is 63.8 Å². The minimum Gasteiger partial charge on any atom is -0.365 e. The summed E-state index contributed by atoms with van der Waals surface area (Å²) in [6, 6.07) is 0.301. The van der Waals surface area contributed by atoms with E-state index >= 15 is 0 Å². The van der Waals surface area contributed by atoms with Crippen LogP contribution in [0.2, 0.25) is 0 Å². The first-order valence-corrected chi connectivity index (χ1v) is 5.02. The summed E-state index contributed by atoms with van der Waals surface area (Å²) >= 11 is 0. The van der Waals surface area contributed by atoms with Gasteiger partial charge in [0.2, 0.25) is 0 Å². The third-order valence-corrected chi connectivity index (χ3v) is 2.14. The van der Waals surface area contributed by atoms with Crippen LogP contribution in [-0.4, -0.2) is 22.6 Å². The molecule has 0 saturated carbocycles. The average molecular weight is 194 g/mol. The van der Waals surface area contributed by atoms with Crippen LogP contribution in [-0.2, 0) is 0 Å². The van der Waals surface area contributed by atoms with Crippen molar-refractivity contribution in [1.82, 2.24) is 9.97 Å². The molecule has 0 amide bonds. The zero-order valence-electron chi connectivity index (χ0n) is 8.83. The van der Waals surface area contributed by atoms with E-state index in [4.69, 9.17) is 5.73 Å². The lowest BCUT2D eigenvalue weighted by atomic mass is 10.1. The van der Waals surface area contributed by atoms with Crippen LogP contribution in [0, 0.1) is 6.92 Å². The first kappa shape index (κ1) is 10.9. The molecule has 0 spiro atoms. The first-order valence-electron chi connectivity index (χ1n) is 5.02. The lowest BCUT2D eigenvalue weighted by molar-refractivity contribution is 0.644. The van der Waals surface area contributed by atoms with E-state index in [9.17, 15) is 0 Å². The van der Waals surface area contributed by atoms with Gasteiger partial charge in [-0.3, -0.25) is 4.98 Å². The third-order valence-electron chi connectivity index (χ3n) is 2.14. The van der Waals surface area contributed by atoms with E-state index in [0.29, 0.717) is 12.6 Å². The van der Waals surface area contributed by atoms with Gasteiger partial charge < -0.3 is 11.1 Å². The summed E-state index contributed by atoms with van der Waals surface area (Å²) in [5.41, 5.74) is 6.56. The predicted octanol–water partition coefficient (Wildman–Crippen LogP) is 1.32. The molecule has 1 aromatic rings. The van der Waals surface area contributed by atoms with Crippen molar-refractivity contribution in [3.63, 3.8) is 0 Å². The Kier molecular flexibility index (Phi) is 4.32. The maximum Gasteiger partial charge on any atom is 0.147 e. The molecule has 0 radical (unpaired) electrons. The Labute approximate surface area is 85.0 Å². The SMILES string of the molecule is CCCC(CN)Nc1nccnc1C. The molecule has 1 atom stereocenters. The number of hydrogen-bond donors (Lipinski definition) is 2. The first-order chi connectivity index (χ1) is 6.77. The maximum absolute atomic E-state index is 5.65. The quantitative estimate of drug-likeness (QED) is 0.742. The summed E-state index contributed by atoms with van der Waals surface area (Å²) in [6.07, 6.45) is 5.56. The van der Waals surface area contributed by atoms with Crippen molar-refractivity contribution in [3.8, 4) is 0 Å². The van der Waals surface area contributed by atoms with Crippen molar-refractivity contribution in [2.24, 2.45) is 5.73 Å². The Morgan fingerprint density at radius 2 is 2.14 bits per heavy atom. The fourth-order valence-electron chi connectivity index (χ4n) is 1.34. The standard InChI is InChI=1S/C10H18N4/c1-3-4-9(7-11)14-10-8(2)12-5-6-13-10/h5-6,9H,3-4,7,11H2,1-2H3,(H,13,14). The second kappa shape index (κ2) is 5.54. The maximum atomic E-state index is 5.65. The number of nitrogens with one attached hydrogen (secondary N) is 1. The molecule has 0 saturated heterocycles. The van der Waals surface area contributed by atoms with Gasteiger partial charge in [-0.25, -0.2) is 4.98 Å². The molecule has 78 valence electrons. The summed E-state index contributed by atoms with van der Waals surface area (Å²) in [5.74, 6) is 0.844. The van der Waals surface area contributed by atoms with E-state index in [2.05, 4.69) is 22.2 Å². The van der Waals surface area contributed by atoms with Crippen LogP contribution in [0.1, 0.15) is 25.5 Å². The molecule has 4 heteroatoms. The molecule has 0 aliphatic heterocycles. The van der Waals surface area contributed by atoms with E-state index in [1.807, 2.05) is 6.92 Å². The van der Waals surface area contributed by atoms with Crippen molar-refractivity contribution in [1.29, 1.82) is 0 Å². The molecule has 1 aromatic heterocycles. The van der Waals surface area contributed by atoms with Crippen LogP contribution in [0.5, 0.6) is 0 Å². The Bertz CT molecular complexity index is 275. The Morgan fingerprint density at radius 3 is 2.71 bits per heavy atom. The lowest BCUT2D eigenvalue weighted by Crippen LogP contribution is -2.29. The average Bonchev–Trinajstić information content (AvgIpc) is 2.20. The predicted molar refractivity (Wildman–Crippen MR) is 58.1 cm³/mol. The highest BCUT2D eigenvalue weighted by atomic mass is 15.0. The molecule has 1 heterocycles. The van der Waals surface area contributed by atoms with Crippen LogP contribution < -0.4 is 11.1 Å². The largest absolute Gasteiger partial charge is 0.365 e. The van der Waals surface area contributed by atoms with Gasteiger partial charge in [0.25, 0.3) is 0 Å². The van der Waals surface area contributed by atoms with Gasteiger partial charge in [-0.1, -0.05) is 13.3 Å². The molecule has 0 aromatic carbocycles. The third kappa shape index (κ3) is 2.96. The van der Waals surface area contributed by atoms with E-state index in [-0.39, 0.29) is 0 Å². The zero-order valence-corrected chi connectivity index (χ0v) is 8.83. The number of aromatic nitrogens is 2. The smallest absolute Gasteiger partial charge is 0.147 e. The summed E-state index contributed by atoms with van der Waals surface area (Å²) in [6.45, 7) is 4.71. The summed E-state index contributed by atoms with van der Waals surface area (Å²) in [4.78, 5) is 8.38. The van der Waals surface area contributed by atoms with Crippen LogP contribution in [0.3, 0.4) is 0 Å². The fourth-order valence-corrected chi connectivity index (χ4v) is 1.34. The van der Waals surface area contributed by atoms with Gasteiger partial charge in [0, 0.05) is 25.0 Å². The van der Waals surface area contributed by atoms with Crippen molar-refractivity contribution in [2.75, 3.05) is 11.9 Å². The molecule has 0 bridgehead atoms. The van der Waals surface area contributed by atoms with E-state index in [0.717, 1.165) is 24.4 Å². The molecule has 0 aliphatic carbocycles. The Hall–Kier alpha value is -1.16. The fraction of sp³-hybridized carbons (Fsp3) is 0.600. The van der Waals surface area contributed by atoms with Gasteiger partial charge in [-0.2, -0.15) is 0 Å². The van der Waals surface area contributed by atoms with Crippen molar-refractivity contribution >= 4 is 5.82 Å². The number of anilines is 1. The summed E-state index contributed by atoms with van der Waals surface area (Å²) < 4.78 is 0. The van der Waals surface area contributed by atoms with Crippen molar-refractivity contribution in [2.45, 2.75) is 32.7 Å². The second-order valence-electron chi connectivity index (χ2n) is 3.36. The summed E-state index contributed by atoms with van der Waals surface area (Å²) in [5, 5.41) is 3.30. The minimum absolute atomic E-state index is 0.301. The highest BCUT2D eigenvalue weighted by Gasteiger charge is 2.07. The van der Waals surface area contributed by atoms with E-state index in [1.54, 1.807) is 12.4 Å². The number of aryl methyl sites for hydroxylation is 1. The molecular formula is C10H18N4. The zero-order chi connectivity index (χ0) is 10.4. The van der Waals surface area contributed by atoms with Crippen LogP contribution >= 0.6 is 0 Å². The van der Waals surface area contributed by atoms with Crippen molar-refractivity contribution < 1.29 is 0 Å². The number of rotatable bonds is 5. The van der Waals surface area contributed by atoms with Gasteiger partial charge in [0.05, 0.1) is 5.69 Å². The molecule has 1 rings (SSSR count). The molecular weight excluding hydrogens is 176 g/mol. The van der Waals surface area contributed by atoms with Gasteiger partial charge in [0.15, 0.2) is 0 Å². The number of nitrogens with two attached hydrogens (primary N) is 1. The Balaban J connectivity index is 2.62. The highest BCUT2D eigenvalue weighted by Crippen LogP contribution is 2.09. The monoisotopic (exact) mass is 194 g/mol. The number of hydrogen-bond acceptors (Lipinski definition) is 4. The van der Waals surface area contributed by atoms with Crippen LogP contribution in [0.4, 0.5) is 5.82 Å². The summed E-state index contributed by atoms with van der Waals surface area (Å²) in [7, 11) is 0.